The molecule has 1 saturated heterocycles. The van der Waals surface area contributed by atoms with E-state index in [1.54, 1.807) is 36.4 Å². The second-order valence-electron chi connectivity index (χ2n) is 8.63. The Hall–Kier alpha value is -4.65. The average Bonchev–Trinajstić information content (AvgIpc) is 2.86. The number of hydrogen-bond acceptors (Lipinski definition) is 5. The van der Waals surface area contributed by atoms with Crippen LogP contribution in [0.2, 0.25) is 0 Å². The molecule has 2 N–H and O–H groups in total. The quantitative estimate of drug-likeness (QED) is 0.334. The summed E-state index contributed by atoms with van der Waals surface area (Å²) in [4.78, 5) is 62.7. The minimum absolute atomic E-state index is 0.137. The van der Waals surface area contributed by atoms with Crippen LogP contribution >= 0.6 is 0 Å². The molecule has 1 aliphatic heterocycles. The number of benzene rings is 4. The number of amides is 4. The van der Waals surface area contributed by atoms with Gasteiger partial charge in [0.05, 0.1) is 0 Å². The van der Waals surface area contributed by atoms with Gasteiger partial charge >= 0.3 is 6.03 Å². The van der Waals surface area contributed by atoms with Crippen LogP contribution in [0.25, 0.3) is 21.5 Å². The first-order valence-electron chi connectivity index (χ1n) is 11.1. The first kappa shape index (κ1) is 22.2. The molecule has 0 spiro atoms. The number of carbonyl (C=O) groups excluding carboxylic acids is 5. The van der Waals surface area contributed by atoms with E-state index in [1.807, 2.05) is 36.4 Å². The second-order valence-corrected chi connectivity index (χ2v) is 8.63. The van der Waals surface area contributed by atoms with Crippen molar-refractivity contribution in [1.29, 1.82) is 0 Å². The zero-order valence-electron chi connectivity index (χ0n) is 18.5. The molecule has 0 unspecified atom stereocenters. The van der Waals surface area contributed by atoms with Crippen molar-refractivity contribution in [2.75, 3.05) is 0 Å². The van der Waals surface area contributed by atoms with Gasteiger partial charge in [-0.2, -0.15) is 0 Å². The molecule has 1 aliphatic rings. The van der Waals surface area contributed by atoms with Gasteiger partial charge in [-0.25, -0.2) is 4.79 Å². The largest absolute Gasteiger partial charge is 0.328 e. The van der Waals surface area contributed by atoms with E-state index in [2.05, 4.69) is 10.6 Å². The van der Waals surface area contributed by atoms with Gasteiger partial charge in [0, 0.05) is 11.1 Å². The normalized spacial score (nSPS) is 15.0. The van der Waals surface area contributed by atoms with E-state index >= 15 is 0 Å². The van der Waals surface area contributed by atoms with Crippen molar-refractivity contribution >= 4 is 52.0 Å². The molecule has 4 aromatic carbocycles. The van der Waals surface area contributed by atoms with Gasteiger partial charge in [-0.05, 0) is 45.5 Å². The summed E-state index contributed by atoms with van der Waals surface area (Å²) < 4.78 is 0. The van der Waals surface area contributed by atoms with Crippen molar-refractivity contribution in [3.63, 3.8) is 0 Å². The molecule has 1 fully saturated rings. The van der Waals surface area contributed by atoms with Crippen molar-refractivity contribution < 1.29 is 24.0 Å². The van der Waals surface area contributed by atoms with Crippen molar-refractivity contribution in [3.8, 4) is 0 Å². The number of hydrogen-bond donors (Lipinski definition) is 2. The summed E-state index contributed by atoms with van der Waals surface area (Å²) in [6, 6.07) is 20.8. The number of fused-ring (bicyclic) bond motifs is 2. The number of rotatable bonds is 6. The Balaban J connectivity index is 1.68. The lowest BCUT2D eigenvalue weighted by Crippen LogP contribution is -2.64. The second kappa shape index (κ2) is 8.61. The highest BCUT2D eigenvalue weighted by Crippen LogP contribution is 2.35. The van der Waals surface area contributed by atoms with Crippen LogP contribution in [0.3, 0.4) is 0 Å². The Bertz CT molecular complexity index is 1440. The first-order valence-corrected chi connectivity index (χ1v) is 11.1. The van der Waals surface area contributed by atoms with E-state index < -0.39 is 23.3 Å². The number of barbiturate groups is 1. The van der Waals surface area contributed by atoms with E-state index in [-0.39, 0.29) is 12.8 Å². The summed E-state index contributed by atoms with van der Waals surface area (Å²) in [6.07, 6.45) is 1.15. The van der Waals surface area contributed by atoms with Crippen molar-refractivity contribution in [1.82, 2.24) is 10.6 Å². The summed E-state index contributed by atoms with van der Waals surface area (Å²) in [7, 11) is 0. The SMILES string of the molecule is O=Cc1c(CC2(Cc3ccc4ccccc4c3C=O)C(=O)NC(=O)NC2=O)ccc2ccccc12. The maximum Gasteiger partial charge on any atom is 0.328 e. The summed E-state index contributed by atoms with van der Waals surface area (Å²) in [5.41, 5.74) is -0.0317. The maximum absolute atomic E-state index is 13.3. The van der Waals surface area contributed by atoms with Gasteiger partial charge in [0.15, 0.2) is 12.6 Å². The molecule has 4 amide bonds. The molecule has 1 heterocycles. The van der Waals surface area contributed by atoms with Gasteiger partial charge < -0.3 is 0 Å². The van der Waals surface area contributed by atoms with Gasteiger partial charge in [0.1, 0.15) is 5.41 Å². The fraction of sp³-hybridized carbons (Fsp3) is 0.107. The molecular formula is C28H20N2O5. The highest BCUT2D eigenvalue weighted by molar-refractivity contribution is 6.20. The number of nitrogens with one attached hydrogen (secondary N) is 2. The van der Waals surface area contributed by atoms with E-state index in [4.69, 9.17) is 0 Å². The van der Waals surface area contributed by atoms with Crippen LogP contribution in [0.5, 0.6) is 0 Å². The van der Waals surface area contributed by atoms with Crippen molar-refractivity contribution in [2.24, 2.45) is 5.41 Å². The number of carbonyl (C=O) groups is 5. The topological polar surface area (TPSA) is 109 Å². The minimum Gasteiger partial charge on any atom is -0.298 e. The first-order chi connectivity index (χ1) is 17.0. The van der Waals surface area contributed by atoms with Crippen molar-refractivity contribution in [2.45, 2.75) is 12.8 Å². The molecule has 0 radical (unpaired) electrons. The zero-order chi connectivity index (χ0) is 24.6. The molecule has 172 valence electrons. The lowest BCUT2D eigenvalue weighted by atomic mass is 9.72. The zero-order valence-corrected chi connectivity index (χ0v) is 18.5. The van der Waals surface area contributed by atoms with E-state index in [9.17, 15) is 24.0 Å². The molecule has 7 nitrogen and oxygen atoms in total. The molecule has 0 bridgehead atoms. The standard InChI is InChI=1S/C28H20N2O5/c31-15-23-19(11-9-17-5-1-3-7-21(17)23)13-28(25(33)29-27(35)30-26(28)34)14-20-12-10-18-6-2-4-8-22(18)24(20)16-32/h1-12,15-16H,13-14H2,(H2,29,30,33,34,35). The Morgan fingerprint density at radius 3 is 1.46 bits per heavy atom. The highest BCUT2D eigenvalue weighted by atomic mass is 16.2. The molecular weight excluding hydrogens is 444 g/mol. The smallest absolute Gasteiger partial charge is 0.298 e. The minimum atomic E-state index is -1.76. The Kier molecular flexibility index (Phi) is 5.45. The van der Waals surface area contributed by atoms with Gasteiger partial charge in [-0.15, -0.1) is 0 Å². The molecule has 0 saturated carbocycles. The average molecular weight is 464 g/mol. The summed E-state index contributed by atoms with van der Waals surface area (Å²) in [5, 5.41) is 7.49. The van der Waals surface area contributed by atoms with Gasteiger partial charge in [0.2, 0.25) is 11.8 Å². The monoisotopic (exact) mass is 464 g/mol. The third kappa shape index (κ3) is 3.67. The van der Waals surface area contributed by atoms with Crippen LogP contribution in [-0.2, 0) is 22.4 Å². The maximum atomic E-state index is 13.3. The van der Waals surface area contributed by atoms with Gasteiger partial charge in [-0.3, -0.25) is 29.8 Å². The third-order valence-corrected chi connectivity index (χ3v) is 6.67. The molecule has 0 aromatic heterocycles. The Morgan fingerprint density at radius 2 is 1.03 bits per heavy atom. The van der Waals surface area contributed by atoms with Crippen molar-refractivity contribution in [3.05, 3.63) is 95.1 Å². The summed E-state index contributed by atoms with van der Waals surface area (Å²) in [5.74, 6) is -1.55. The van der Waals surface area contributed by atoms with Crippen LogP contribution in [0.15, 0.2) is 72.8 Å². The molecule has 0 atom stereocenters. The molecule has 4 aromatic rings. The Morgan fingerprint density at radius 1 is 0.600 bits per heavy atom. The predicted octanol–water partition coefficient (Wildman–Crippen LogP) is 3.76. The van der Waals surface area contributed by atoms with Crippen LogP contribution in [0.1, 0.15) is 31.8 Å². The molecule has 7 heteroatoms. The third-order valence-electron chi connectivity index (χ3n) is 6.67. The van der Waals surface area contributed by atoms with Crippen LogP contribution in [0, 0.1) is 5.41 Å². The van der Waals surface area contributed by atoms with E-state index in [1.165, 1.54) is 0 Å². The number of imide groups is 2. The summed E-state index contributed by atoms with van der Waals surface area (Å²) >= 11 is 0. The van der Waals surface area contributed by atoms with Crippen LogP contribution in [0.4, 0.5) is 4.79 Å². The number of urea groups is 1. The molecule has 35 heavy (non-hydrogen) atoms. The number of aldehydes is 2. The lowest BCUT2D eigenvalue weighted by Gasteiger charge is -2.35. The predicted molar refractivity (Wildman–Crippen MR) is 130 cm³/mol. The van der Waals surface area contributed by atoms with Crippen LogP contribution < -0.4 is 10.6 Å². The Labute approximate surface area is 200 Å². The molecule has 0 aliphatic carbocycles. The lowest BCUT2D eigenvalue weighted by molar-refractivity contribution is -0.144. The van der Waals surface area contributed by atoms with E-state index in [0.717, 1.165) is 10.8 Å². The van der Waals surface area contributed by atoms with Gasteiger partial charge in [-0.1, -0.05) is 72.8 Å². The van der Waals surface area contributed by atoms with E-state index in [0.29, 0.717) is 45.6 Å². The van der Waals surface area contributed by atoms with Crippen LogP contribution in [-0.4, -0.2) is 30.4 Å². The fourth-order valence-corrected chi connectivity index (χ4v) is 4.88. The van der Waals surface area contributed by atoms with Gasteiger partial charge in [0.25, 0.3) is 0 Å². The molecule has 5 rings (SSSR count). The fourth-order valence-electron chi connectivity index (χ4n) is 4.88. The summed E-state index contributed by atoms with van der Waals surface area (Å²) in [6.45, 7) is 0. The highest BCUT2D eigenvalue weighted by Gasteiger charge is 2.51.